The zero-order valence-corrected chi connectivity index (χ0v) is 13.2. The molecule has 20 heavy (non-hydrogen) atoms. The summed E-state index contributed by atoms with van der Waals surface area (Å²) in [6, 6.07) is 8.01. The number of nitrogens with zero attached hydrogens (tertiary/aromatic N) is 2. The smallest absolute Gasteiger partial charge is 0.138 e. The molecule has 2 aromatic rings. The molecule has 0 aliphatic heterocycles. The summed E-state index contributed by atoms with van der Waals surface area (Å²) >= 11 is 3.31. The second-order valence-corrected chi connectivity index (χ2v) is 6.38. The normalized spacial score (nSPS) is 10.2. The van der Waals surface area contributed by atoms with Gasteiger partial charge in [0.1, 0.15) is 17.4 Å². The van der Waals surface area contributed by atoms with E-state index in [4.69, 9.17) is 4.74 Å². The molecule has 0 spiro atoms. The molecule has 1 heterocycles. The Morgan fingerprint density at radius 3 is 2.95 bits per heavy atom. The third-order valence-corrected chi connectivity index (χ3v) is 4.77. The van der Waals surface area contributed by atoms with Gasteiger partial charge in [0.15, 0.2) is 0 Å². The summed E-state index contributed by atoms with van der Waals surface area (Å²) < 4.78 is 5.79. The summed E-state index contributed by atoms with van der Waals surface area (Å²) in [5.41, 5.74) is 3.55. The van der Waals surface area contributed by atoms with Gasteiger partial charge in [-0.25, -0.2) is 4.98 Å². The number of aryl methyl sites for hydroxylation is 1. The van der Waals surface area contributed by atoms with Crippen molar-refractivity contribution in [2.24, 2.45) is 0 Å². The fraction of sp³-hybridized carbons (Fsp3) is 0.333. The van der Waals surface area contributed by atoms with Crippen LogP contribution < -0.4 is 4.74 Å². The van der Waals surface area contributed by atoms with E-state index in [0.717, 1.165) is 22.8 Å². The highest BCUT2D eigenvalue weighted by atomic mass is 32.2. The summed E-state index contributed by atoms with van der Waals surface area (Å²) in [7, 11) is 0. The first-order valence-corrected chi connectivity index (χ1v) is 8.30. The summed E-state index contributed by atoms with van der Waals surface area (Å²) in [5.74, 6) is 1.62. The molecule has 0 unspecified atom stereocenters. The predicted octanol–water partition coefficient (Wildman–Crippen LogP) is 4.06. The van der Waals surface area contributed by atoms with E-state index in [1.165, 1.54) is 4.88 Å². The molecule has 0 bridgehead atoms. The maximum Gasteiger partial charge on any atom is 0.138 e. The molecule has 104 valence electrons. The van der Waals surface area contributed by atoms with Crippen LogP contribution in [0.5, 0.6) is 5.75 Å². The Hall–Kier alpha value is -1.51. The topological polar surface area (TPSA) is 45.9 Å². The van der Waals surface area contributed by atoms with Crippen LogP contribution in [-0.4, -0.2) is 17.3 Å². The summed E-state index contributed by atoms with van der Waals surface area (Å²) in [4.78, 5) is 6.45. The molecular formula is C15H16N2OS2. The van der Waals surface area contributed by atoms with Gasteiger partial charge in [-0.3, -0.25) is 0 Å². The molecule has 0 saturated carbocycles. The fourth-order valence-electron chi connectivity index (χ4n) is 1.84. The van der Waals surface area contributed by atoms with E-state index in [-0.39, 0.29) is 0 Å². The predicted molar refractivity (Wildman–Crippen MR) is 83.6 cm³/mol. The van der Waals surface area contributed by atoms with Crippen LogP contribution in [0.25, 0.3) is 0 Å². The maximum atomic E-state index is 9.30. The highest BCUT2D eigenvalue weighted by Gasteiger charge is 2.09. The van der Waals surface area contributed by atoms with E-state index >= 15 is 0 Å². The monoisotopic (exact) mass is 304 g/mol. The van der Waals surface area contributed by atoms with Crippen LogP contribution in [0.2, 0.25) is 0 Å². The third-order valence-electron chi connectivity index (χ3n) is 2.83. The number of aromatic nitrogens is 1. The van der Waals surface area contributed by atoms with Crippen molar-refractivity contribution in [1.29, 1.82) is 5.26 Å². The van der Waals surface area contributed by atoms with E-state index in [0.29, 0.717) is 17.9 Å². The molecule has 0 fully saturated rings. The Morgan fingerprint density at radius 1 is 1.45 bits per heavy atom. The highest BCUT2D eigenvalue weighted by Crippen LogP contribution is 2.29. The van der Waals surface area contributed by atoms with E-state index in [2.05, 4.69) is 18.0 Å². The number of hydrogen-bond acceptors (Lipinski definition) is 5. The highest BCUT2D eigenvalue weighted by molar-refractivity contribution is 7.99. The largest absolute Gasteiger partial charge is 0.492 e. The van der Waals surface area contributed by atoms with Crippen molar-refractivity contribution in [1.82, 2.24) is 4.98 Å². The van der Waals surface area contributed by atoms with E-state index < -0.39 is 0 Å². The van der Waals surface area contributed by atoms with Gasteiger partial charge in [0.05, 0.1) is 17.8 Å². The number of ether oxygens (including phenoxy) is 1. The average molecular weight is 304 g/mol. The molecule has 0 N–H and O–H groups in total. The zero-order valence-electron chi connectivity index (χ0n) is 11.5. The minimum absolute atomic E-state index is 0.567. The molecule has 3 nitrogen and oxygen atoms in total. The SMILES string of the molecule is CCSc1cccc(OCCc2scnc2C)c1C#N. The first-order valence-electron chi connectivity index (χ1n) is 6.44. The van der Waals surface area contributed by atoms with Crippen molar-refractivity contribution in [2.75, 3.05) is 12.4 Å². The van der Waals surface area contributed by atoms with Gasteiger partial charge >= 0.3 is 0 Å². The molecule has 5 heteroatoms. The lowest BCUT2D eigenvalue weighted by molar-refractivity contribution is 0.321. The van der Waals surface area contributed by atoms with Gasteiger partial charge in [-0.15, -0.1) is 23.1 Å². The quantitative estimate of drug-likeness (QED) is 0.755. The lowest BCUT2D eigenvalue weighted by atomic mass is 10.2. The van der Waals surface area contributed by atoms with Gasteiger partial charge in [-0.2, -0.15) is 5.26 Å². The first kappa shape index (κ1) is 14.9. The van der Waals surface area contributed by atoms with Gasteiger partial charge in [0.25, 0.3) is 0 Å². The molecule has 0 saturated heterocycles. The molecule has 0 atom stereocenters. The van der Waals surface area contributed by atoms with E-state index in [1.54, 1.807) is 23.1 Å². The number of rotatable bonds is 6. The van der Waals surface area contributed by atoms with Gasteiger partial charge in [0, 0.05) is 16.2 Å². The Morgan fingerprint density at radius 2 is 2.30 bits per heavy atom. The van der Waals surface area contributed by atoms with Crippen LogP contribution in [0, 0.1) is 18.3 Å². The van der Waals surface area contributed by atoms with Gasteiger partial charge in [-0.05, 0) is 24.8 Å². The van der Waals surface area contributed by atoms with Crippen molar-refractivity contribution >= 4 is 23.1 Å². The Labute approximate surface area is 127 Å². The number of nitriles is 1. The summed E-state index contributed by atoms with van der Waals surface area (Å²) in [6.45, 7) is 4.65. The van der Waals surface area contributed by atoms with Crippen molar-refractivity contribution in [2.45, 2.75) is 25.2 Å². The molecule has 1 aromatic carbocycles. The van der Waals surface area contributed by atoms with Crippen molar-refractivity contribution in [3.05, 3.63) is 39.8 Å². The summed E-state index contributed by atoms with van der Waals surface area (Å²) in [5, 5.41) is 9.30. The van der Waals surface area contributed by atoms with Crippen LogP contribution in [0.1, 0.15) is 23.1 Å². The Bertz CT molecular complexity index is 617. The second kappa shape index (κ2) is 7.32. The van der Waals surface area contributed by atoms with Crippen LogP contribution in [0.15, 0.2) is 28.6 Å². The second-order valence-electron chi connectivity index (χ2n) is 4.13. The molecular weight excluding hydrogens is 288 g/mol. The Balaban J connectivity index is 2.04. The van der Waals surface area contributed by atoms with Gasteiger partial charge in [-0.1, -0.05) is 13.0 Å². The van der Waals surface area contributed by atoms with Crippen LogP contribution in [0.3, 0.4) is 0 Å². The average Bonchev–Trinajstić information content (AvgIpc) is 2.85. The molecule has 2 rings (SSSR count). The lowest BCUT2D eigenvalue weighted by Crippen LogP contribution is -2.03. The van der Waals surface area contributed by atoms with Crippen molar-refractivity contribution < 1.29 is 4.74 Å². The van der Waals surface area contributed by atoms with Crippen LogP contribution in [-0.2, 0) is 6.42 Å². The third kappa shape index (κ3) is 3.53. The van der Waals surface area contributed by atoms with Gasteiger partial charge in [0.2, 0.25) is 0 Å². The fourth-order valence-corrected chi connectivity index (χ4v) is 3.38. The number of thiazole rings is 1. The Kier molecular flexibility index (Phi) is 5.45. The molecule has 0 aliphatic rings. The maximum absolute atomic E-state index is 9.30. The molecule has 0 radical (unpaired) electrons. The molecule has 1 aromatic heterocycles. The number of hydrogen-bond donors (Lipinski definition) is 0. The standard InChI is InChI=1S/C15H16N2OS2/c1-3-19-15-6-4-5-13(12(15)9-16)18-8-7-14-11(2)17-10-20-14/h4-6,10H,3,7-8H2,1-2H3. The summed E-state index contributed by atoms with van der Waals surface area (Å²) in [6.07, 6.45) is 0.826. The minimum Gasteiger partial charge on any atom is -0.492 e. The van der Waals surface area contributed by atoms with Crippen molar-refractivity contribution in [3.8, 4) is 11.8 Å². The lowest BCUT2D eigenvalue weighted by Gasteiger charge is -2.10. The van der Waals surface area contributed by atoms with Crippen LogP contribution >= 0.6 is 23.1 Å². The minimum atomic E-state index is 0.567. The molecule has 0 aliphatic carbocycles. The van der Waals surface area contributed by atoms with E-state index in [1.807, 2.05) is 30.6 Å². The molecule has 0 amide bonds. The number of benzene rings is 1. The number of thioether (sulfide) groups is 1. The van der Waals surface area contributed by atoms with Crippen LogP contribution in [0.4, 0.5) is 0 Å². The zero-order chi connectivity index (χ0) is 14.4. The first-order chi connectivity index (χ1) is 9.76. The van der Waals surface area contributed by atoms with Gasteiger partial charge < -0.3 is 4.74 Å². The van der Waals surface area contributed by atoms with E-state index in [9.17, 15) is 5.26 Å². The van der Waals surface area contributed by atoms with Crippen molar-refractivity contribution in [3.63, 3.8) is 0 Å².